The van der Waals surface area contributed by atoms with E-state index < -0.39 is 37.4 Å². The van der Waals surface area contributed by atoms with E-state index in [1.165, 1.54) is 48.5 Å². The number of carbonyl (C=O) groups is 2. The van der Waals surface area contributed by atoms with Gasteiger partial charge in [0.1, 0.15) is 17.1 Å². The summed E-state index contributed by atoms with van der Waals surface area (Å²) in [5, 5.41) is 0. The SMILES string of the molecule is COC(=O)c1ccccc1OCC(F)(F)F.NNC(=O)c1ccccc1OCC(F)(F)F. The maximum Gasteiger partial charge on any atom is 0.422 e. The summed E-state index contributed by atoms with van der Waals surface area (Å²) in [6.45, 7) is -2.90. The van der Waals surface area contributed by atoms with Crippen molar-refractivity contribution in [2.75, 3.05) is 20.3 Å². The van der Waals surface area contributed by atoms with Crippen molar-refractivity contribution < 1.29 is 50.1 Å². The molecule has 2 aromatic carbocycles. The number of halogens is 6. The van der Waals surface area contributed by atoms with Crippen molar-refractivity contribution in [3.05, 3.63) is 59.7 Å². The van der Waals surface area contributed by atoms with Gasteiger partial charge in [-0.15, -0.1) is 0 Å². The molecule has 0 aliphatic carbocycles. The fourth-order valence-electron chi connectivity index (χ4n) is 2.05. The van der Waals surface area contributed by atoms with E-state index in [-0.39, 0.29) is 22.6 Å². The number of ether oxygens (including phenoxy) is 3. The standard InChI is InChI=1S/C10H9F3O3.C9H9F3N2O2/c1-15-9(14)7-4-2-3-5-8(7)16-6-10(11,12)13;10-9(11,12)5-16-7-4-2-1-3-6(7)8(15)14-13/h2-5H,6H2,1H3;1-4H,5,13H2,(H,14,15). The molecule has 0 unspecified atom stereocenters. The Morgan fingerprint density at radius 2 is 1.22 bits per heavy atom. The molecule has 0 aliphatic rings. The number of nitrogens with two attached hydrogens (primary N) is 1. The van der Waals surface area contributed by atoms with Crippen LogP contribution in [0.15, 0.2) is 48.5 Å². The quantitative estimate of drug-likeness (QED) is 0.221. The maximum absolute atomic E-state index is 11.9. The number of hydrogen-bond acceptors (Lipinski definition) is 6. The number of nitrogen functional groups attached to an aromatic ring is 1. The molecule has 0 heterocycles. The third-order valence-electron chi connectivity index (χ3n) is 3.34. The van der Waals surface area contributed by atoms with Gasteiger partial charge in [-0.1, -0.05) is 24.3 Å². The molecule has 0 saturated heterocycles. The molecule has 176 valence electrons. The van der Waals surface area contributed by atoms with Gasteiger partial charge in [0.15, 0.2) is 13.2 Å². The zero-order chi connectivity index (χ0) is 24.4. The van der Waals surface area contributed by atoms with Gasteiger partial charge in [0.05, 0.1) is 12.7 Å². The van der Waals surface area contributed by atoms with Crippen LogP contribution in [0.2, 0.25) is 0 Å². The predicted molar refractivity (Wildman–Crippen MR) is 99.0 cm³/mol. The van der Waals surface area contributed by atoms with Gasteiger partial charge in [-0.2, -0.15) is 26.3 Å². The fourth-order valence-corrected chi connectivity index (χ4v) is 2.05. The number of hydrazine groups is 1. The lowest BCUT2D eigenvalue weighted by Crippen LogP contribution is -2.30. The molecule has 0 aromatic heterocycles. The third kappa shape index (κ3) is 9.55. The molecule has 0 atom stereocenters. The van der Waals surface area contributed by atoms with Crippen LogP contribution in [-0.2, 0) is 4.74 Å². The number of para-hydroxylation sites is 2. The second-order valence-corrected chi connectivity index (χ2v) is 5.77. The lowest BCUT2D eigenvalue weighted by molar-refractivity contribution is -0.154. The number of hydrogen-bond donors (Lipinski definition) is 2. The molecule has 2 rings (SSSR count). The van der Waals surface area contributed by atoms with Gasteiger partial charge in [0.25, 0.3) is 5.91 Å². The first-order chi connectivity index (χ1) is 14.9. The minimum atomic E-state index is -4.45. The monoisotopic (exact) mass is 468 g/mol. The number of alkyl halides is 6. The van der Waals surface area contributed by atoms with Gasteiger partial charge >= 0.3 is 18.3 Å². The molecular formula is C19H18F6N2O5. The molecule has 0 fully saturated rings. The highest BCUT2D eigenvalue weighted by Gasteiger charge is 2.30. The number of nitrogens with one attached hydrogen (secondary N) is 1. The first kappa shape index (κ1) is 26.6. The lowest BCUT2D eigenvalue weighted by atomic mass is 10.2. The van der Waals surface area contributed by atoms with Gasteiger partial charge in [0, 0.05) is 0 Å². The Hall–Kier alpha value is -3.48. The minimum Gasteiger partial charge on any atom is -0.483 e. The number of esters is 1. The molecule has 0 aliphatic heterocycles. The maximum atomic E-state index is 11.9. The zero-order valence-corrected chi connectivity index (χ0v) is 16.4. The van der Waals surface area contributed by atoms with Crippen LogP contribution in [0.1, 0.15) is 20.7 Å². The van der Waals surface area contributed by atoms with Crippen LogP contribution in [0.3, 0.4) is 0 Å². The normalized spacial score (nSPS) is 11.0. The highest BCUT2D eigenvalue weighted by atomic mass is 19.4. The first-order valence-corrected chi connectivity index (χ1v) is 8.54. The topological polar surface area (TPSA) is 99.9 Å². The van der Waals surface area contributed by atoms with Crippen molar-refractivity contribution in [3.8, 4) is 11.5 Å². The van der Waals surface area contributed by atoms with E-state index in [9.17, 15) is 35.9 Å². The molecule has 3 N–H and O–H groups in total. The first-order valence-electron chi connectivity index (χ1n) is 8.54. The van der Waals surface area contributed by atoms with Crippen LogP contribution in [0.4, 0.5) is 26.3 Å². The summed E-state index contributed by atoms with van der Waals surface area (Å²) >= 11 is 0. The third-order valence-corrected chi connectivity index (χ3v) is 3.34. The van der Waals surface area contributed by atoms with Crippen molar-refractivity contribution >= 4 is 11.9 Å². The van der Waals surface area contributed by atoms with E-state index in [2.05, 4.69) is 14.2 Å². The zero-order valence-electron chi connectivity index (χ0n) is 16.4. The summed E-state index contributed by atoms with van der Waals surface area (Å²) < 4.78 is 84.9. The Bertz CT molecular complexity index is 829. The van der Waals surface area contributed by atoms with Gasteiger partial charge in [-0.05, 0) is 24.3 Å². The highest BCUT2D eigenvalue weighted by Crippen LogP contribution is 2.23. The minimum absolute atomic E-state index is 0.0331. The van der Waals surface area contributed by atoms with Crippen LogP contribution in [0.5, 0.6) is 11.5 Å². The van der Waals surface area contributed by atoms with Gasteiger partial charge < -0.3 is 14.2 Å². The molecule has 32 heavy (non-hydrogen) atoms. The Labute approximate surface area is 178 Å². The summed E-state index contributed by atoms with van der Waals surface area (Å²) in [5.41, 5.74) is 1.74. The van der Waals surface area contributed by atoms with Crippen molar-refractivity contribution in [2.45, 2.75) is 12.4 Å². The van der Waals surface area contributed by atoms with Gasteiger partial charge in [-0.25, -0.2) is 10.6 Å². The average molecular weight is 468 g/mol. The van der Waals surface area contributed by atoms with Gasteiger partial charge in [0.2, 0.25) is 0 Å². The fraction of sp³-hybridized carbons (Fsp3) is 0.263. The number of carbonyl (C=O) groups excluding carboxylic acids is 2. The van der Waals surface area contributed by atoms with Crippen LogP contribution in [-0.4, -0.2) is 44.6 Å². The smallest absolute Gasteiger partial charge is 0.422 e. The molecule has 13 heteroatoms. The Balaban J connectivity index is 0.000000320. The highest BCUT2D eigenvalue weighted by molar-refractivity contribution is 5.96. The Morgan fingerprint density at radius 1 is 0.812 bits per heavy atom. The summed E-state index contributed by atoms with van der Waals surface area (Å²) in [4.78, 5) is 22.3. The lowest BCUT2D eigenvalue weighted by Gasteiger charge is -2.11. The molecular weight excluding hydrogens is 450 g/mol. The Kier molecular flexibility index (Phi) is 9.78. The van der Waals surface area contributed by atoms with Gasteiger partial charge in [-0.3, -0.25) is 10.2 Å². The van der Waals surface area contributed by atoms with Crippen LogP contribution < -0.4 is 20.7 Å². The summed E-state index contributed by atoms with van der Waals surface area (Å²) in [7, 11) is 1.14. The number of amides is 1. The van der Waals surface area contributed by atoms with Crippen molar-refractivity contribution in [3.63, 3.8) is 0 Å². The van der Waals surface area contributed by atoms with Crippen LogP contribution in [0, 0.1) is 0 Å². The van der Waals surface area contributed by atoms with E-state index in [1.54, 1.807) is 0 Å². The van der Waals surface area contributed by atoms with E-state index in [0.717, 1.165) is 7.11 Å². The van der Waals surface area contributed by atoms with E-state index in [4.69, 9.17) is 5.84 Å². The molecule has 0 bridgehead atoms. The molecule has 2 aromatic rings. The summed E-state index contributed by atoms with van der Waals surface area (Å²) in [6.07, 6.45) is -8.89. The second kappa shape index (κ2) is 11.8. The summed E-state index contributed by atoms with van der Waals surface area (Å²) in [6, 6.07) is 11.1. The van der Waals surface area contributed by atoms with Crippen LogP contribution >= 0.6 is 0 Å². The van der Waals surface area contributed by atoms with Crippen LogP contribution in [0.25, 0.3) is 0 Å². The van der Waals surface area contributed by atoms with E-state index in [1.807, 2.05) is 5.43 Å². The predicted octanol–water partition coefficient (Wildman–Crippen LogP) is 3.65. The van der Waals surface area contributed by atoms with E-state index >= 15 is 0 Å². The number of rotatable bonds is 6. The molecule has 1 amide bonds. The molecule has 0 saturated carbocycles. The van der Waals surface area contributed by atoms with E-state index in [0.29, 0.717) is 0 Å². The molecule has 7 nitrogen and oxygen atoms in total. The van der Waals surface area contributed by atoms with Crippen molar-refractivity contribution in [1.29, 1.82) is 0 Å². The van der Waals surface area contributed by atoms with Crippen molar-refractivity contribution in [1.82, 2.24) is 5.43 Å². The Morgan fingerprint density at radius 3 is 1.62 bits per heavy atom. The molecule has 0 spiro atoms. The molecule has 0 radical (unpaired) electrons. The second-order valence-electron chi connectivity index (χ2n) is 5.77. The number of methoxy groups -OCH3 is 1. The average Bonchev–Trinajstić information content (AvgIpc) is 2.75. The number of benzene rings is 2. The van der Waals surface area contributed by atoms with Crippen molar-refractivity contribution in [2.24, 2.45) is 5.84 Å². The largest absolute Gasteiger partial charge is 0.483 e. The summed E-state index contributed by atoms with van der Waals surface area (Å²) in [5.74, 6) is 3.12.